The summed E-state index contributed by atoms with van der Waals surface area (Å²) >= 11 is 1.68. The highest BCUT2D eigenvalue weighted by Crippen LogP contribution is 2.18. The molecular formula is C18H21N5S. The Kier molecular flexibility index (Phi) is 5.98. The molecule has 0 aliphatic heterocycles. The molecule has 3 aromatic rings. The highest BCUT2D eigenvalue weighted by Gasteiger charge is 2.07. The molecular weight excluding hydrogens is 318 g/mol. The third kappa shape index (κ3) is 4.66. The van der Waals surface area contributed by atoms with E-state index in [0.717, 1.165) is 36.1 Å². The second kappa shape index (κ2) is 8.61. The number of para-hydroxylation sites is 1. The fourth-order valence-corrected chi connectivity index (χ4v) is 3.13. The summed E-state index contributed by atoms with van der Waals surface area (Å²) in [6.45, 7) is 4.00. The number of nitrogens with one attached hydrogen (secondary N) is 1. The molecule has 6 heteroatoms. The molecule has 0 bridgehead atoms. The number of hydrogen-bond donors (Lipinski definition) is 1. The zero-order chi connectivity index (χ0) is 16.6. The summed E-state index contributed by atoms with van der Waals surface area (Å²) < 4.78 is 1.78. The molecule has 0 aliphatic rings. The molecule has 2 aromatic carbocycles. The molecule has 3 rings (SSSR count). The summed E-state index contributed by atoms with van der Waals surface area (Å²) in [6.07, 6.45) is 1.07. The third-order valence-corrected chi connectivity index (χ3v) is 4.63. The van der Waals surface area contributed by atoms with Crippen molar-refractivity contribution in [3.8, 4) is 5.69 Å². The van der Waals surface area contributed by atoms with Crippen LogP contribution in [0.15, 0.2) is 59.8 Å². The zero-order valence-electron chi connectivity index (χ0n) is 13.7. The van der Waals surface area contributed by atoms with E-state index >= 15 is 0 Å². The van der Waals surface area contributed by atoms with Crippen molar-refractivity contribution in [1.82, 2.24) is 25.5 Å². The van der Waals surface area contributed by atoms with Gasteiger partial charge in [-0.3, -0.25) is 0 Å². The van der Waals surface area contributed by atoms with Gasteiger partial charge < -0.3 is 5.32 Å². The molecule has 0 unspecified atom stereocenters. The number of aryl methyl sites for hydroxylation is 1. The van der Waals surface area contributed by atoms with Gasteiger partial charge in [0.1, 0.15) is 0 Å². The van der Waals surface area contributed by atoms with E-state index in [1.54, 1.807) is 16.4 Å². The Morgan fingerprint density at radius 1 is 1.04 bits per heavy atom. The molecule has 124 valence electrons. The van der Waals surface area contributed by atoms with Crippen LogP contribution < -0.4 is 5.32 Å². The van der Waals surface area contributed by atoms with Gasteiger partial charge in [-0.1, -0.05) is 59.8 Å². The summed E-state index contributed by atoms with van der Waals surface area (Å²) in [4.78, 5) is 0. The molecule has 0 amide bonds. The molecule has 5 nitrogen and oxygen atoms in total. The Morgan fingerprint density at radius 3 is 2.62 bits per heavy atom. The normalized spacial score (nSPS) is 10.9. The molecule has 0 spiro atoms. The summed E-state index contributed by atoms with van der Waals surface area (Å²) in [5.74, 6) is 0.980. The average Bonchev–Trinajstić information content (AvgIpc) is 3.09. The Balaban J connectivity index is 1.40. The van der Waals surface area contributed by atoms with E-state index < -0.39 is 0 Å². The van der Waals surface area contributed by atoms with Crippen molar-refractivity contribution >= 4 is 11.8 Å². The standard InChI is InChI=1S/C18H21N5S/c1-15-8-10-16(11-9-15)14-19-12-5-13-24-18-20-21-22-23(18)17-6-3-2-4-7-17/h2-4,6-11,19H,5,12-14H2,1H3. The molecule has 1 aromatic heterocycles. The minimum Gasteiger partial charge on any atom is -0.313 e. The Labute approximate surface area is 146 Å². The molecule has 0 saturated carbocycles. The first kappa shape index (κ1) is 16.7. The van der Waals surface area contributed by atoms with E-state index in [1.165, 1.54) is 11.1 Å². The predicted molar refractivity (Wildman–Crippen MR) is 97.4 cm³/mol. The number of hydrogen-bond acceptors (Lipinski definition) is 5. The molecule has 0 aliphatic carbocycles. The second-order valence-corrected chi connectivity index (χ2v) is 6.64. The lowest BCUT2D eigenvalue weighted by molar-refractivity contribution is 0.678. The maximum absolute atomic E-state index is 4.11. The van der Waals surface area contributed by atoms with Crippen molar-refractivity contribution in [3.05, 3.63) is 65.7 Å². The average molecular weight is 339 g/mol. The fraction of sp³-hybridized carbons (Fsp3) is 0.278. The van der Waals surface area contributed by atoms with Crippen LogP contribution in [0.3, 0.4) is 0 Å². The van der Waals surface area contributed by atoms with Crippen molar-refractivity contribution < 1.29 is 0 Å². The lowest BCUT2D eigenvalue weighted by Gasteiger charge is -2.06. The van der Waals surface area contributed by atoms with Crippen LogP contribution in [-0.4, -0.2) is 32.5 Å². The van der Waals surface area contributed by atoms with E-state index in [-0.39, 0.29) is 0 Å². The van der Waals surface area contributed by atoms with E-state index in [9.17, 15) is 0 Å². The van der Waals surface area contributed by atoms with Crippen LogP contribution in [0.25, 0.3) is 5.69 Å². The SMILES string of the molecule is Cc1ccc(CNCCCSc2nnnn2-c2ccccc2)cc1. The fourth-order valence-electron chi connectivity index (χ4n) is 2.30. The molecule has 0 atom stereocenters. The lowest BCUT2D eigenvalue weighted by atomic mass is 10.1. The summed E-state index contributed by atoms with van der Waals surface area (Å²) in [5, 5.41) is 16.3. The Morgan fingerprint density at radius 2 is 1.83 bits per heavy atom. The number of rotatable bonds is 8. The number of tetrazole rings is 1. The highest BCUT2D eigenvalue weighted by molar-refractivity contribution is 7.99. The minimum atomic E-state index is 0.833. The smallest absolute Gasteiger partial charge is 0.214 e. The highest BCUT2D eigenvalue weighted by atomic mass is 32.2. The number of nitrogens with zero attached hydrogens (tertiary/aromatic N) is 4. The third-order valence-electron chi connectivity index (χ3n) is 3.62. The van der Waals surface area contributed by atoms with Crippen molar-refractivity contribution in [3.63, 3.8) is 0 Å². The zero-order valence-corrected chi connectivity index (χ0v) is 14.5. The van der Waals surface area contributed by atoms with E-state index in [2.05, 4.69) is 52.0 Å². The van der Waals surface area contributed by atoms with Gasteiger partial charge in [-0.05, 0) is 48.0 Å². The van der Waals surface area contributed by atoms with Crippen molar-refractivity contribution in [2.75, 3.05) is 12.3 Å². The molecule has 0 radical (unpaired) electrons. The van der Waals surface area contributed by atoms with Crippen LogP contribution in [0.1, 0.15) is 17.5 Å². The molecule has 0 saturated heterocycles. The first-order valence-electron chi connectivity index (χ1n) is 8.06. The van der Waals surface area contributed by atoms with E-state index in [4.69, 9.17) is 0 Å². The van der Waals surface area contributed by atoms with Gasteiger partial charge in [-0.15, -0.1) is 5.10 Å². The summed E-state index contributed by atoms with van der Waals surface area (Å²) in [5.41, 5.74) is 3.61. The first-order valence-corrected chi connectivity index (χ1v) is 9.04. The largest absolute Gasteiger partial charge is 0.313 e. The van der Waals surface area contributed by atoms with Gasteiger partial charge in [0.15, 0.2) is 0 Å². The van der Waals surface area contributed by atoms with Gasteiger partial charge in [0, 0.05) is 12.3 Å². The van der Waals surface area contributed by atoms with Crippen LogP contribution in [0.4, 0.5) is 0 Å². The van der Waals surface area contributed by atoms with Gasteiger partial charge in [-0.2, -0.15) is 4.68 Å². The first-order chi connectivity index (χ1) is 11.8. The van der Waals surface area contributed by atoms with Gasteiger partial charge in [0.25, 0.3) is 0 Å². The summed E-state index contributed by atoms with van der Waals surface area (Å²) in [7, 11) is 0. The van der Waals surface area contributed by atoms with Crippen molar-refractivity contribution in [2.24, 2.45) is 0 Å². The minimum absolute atomic E-state index is 0.833. The van der Waals surface area contributed by atoms with Crippen LogP contribution in [0.2, 0.25) is 0 Å². The number of thioether (sulfide) groups is 1. The Hall–Kier alpha value is -2.18. The van der Waals surface area contributed by atoms with Gasteiger partial charge >= 0.3 is 0 Å². The predicted octanol–water partition coefficient (Wildman–Crippen LogP) is 3.24. The topological polar surface area (TPSA) is 55.6 Å². The number of benzene rings is 2. The molecule has 0 fully saturated rings. The molecule has 24 heavy (non-hydrogen) atoms. The van der Waals surface area contributed by atoms with E-state index in [0.29, 0.717) is 0 Å². The van der Waals surface area contributed by atoms with Crippen molar-refractivity contribution in [1.29, 1.82) is 0 Å². The van der Waals surface area contributed by atoms with E-state index in [1.807, 2.05) is 30.3 Å². The van der Waals surface area contributed by atoms with Crippen molar-refractivity contribution in [2.45, 2.75) is 25.0 Å². The molecule has 1 heterocycles. The van der Waals surface area contributed by atoms with Gasteiger partial charge in [0.2, 0.25) is 5.16 Å². The van der Waals surface area contributed by atoms with Gasteiger partial charge in [0.05, 0.1) is 5.69 Å². The monoisotopic (exact) mass is 339 g/mol. The van der Waals surface area contributed by atoms with Crippen LogP contribution in [0.5, 0.6) is 0 Å². The lowest BCUT2D eigenvalue weighted by Crippen LogP contribution is -2.15. The summed E-state index contributed by atoms with van der Waals surface area (Å²) in [6, 6.07) is 18.6. The maximum atomic E-state index is 4.11. The molecule has 1 N–H and O–H groups in total. The van der Waals surface area contributed by atoms with Crippen LogP contribution in [0, 0.1) is 6.92 Å². The van der Waals surface area contributed by atoms with Crippen LogP contribution in [-0.2, 0) is 6.54 Å². The van der Waals surface area contributed by atoms with Gasteiger partial charge in [-0.25, -0.2) is 0 Å². The quantitative estimate of drug-likeness (QED) is 0.504. The number of aromatic nitrogens is 4. The Bertz CT molecular complexity index is 740. The maximum Gasteiger partial charge on any atom is 0.214 e. The second-order valence-electron chi connectivity index (χ2n) is 5.57. The van der Waals surface area contributed by atoms with Crippen LogP contribution >= 0.6 is 11.8 Å².